The molecule has 1 N–H and O–H groups in total. The summed E-state index contributed by atoms with van der Waals surface area (Å²) in [5.41, 5.74) is 0.996. The zero-order valence-electron chi connectivity index (χ0n) is 20.9. The van der Waals surface area contributed by atoms with Gasteiger partial charge in [0.2, 0.25) is 5.69 Å². The van der Waals surface area contributed by atoms with E-state index in [2.05, 4.69) is 26.3 Å². The molecule has 0 spiro atoms. The van der Waals surface area contributed by atoms with Crippen molar-refractivity contribution in [2.75, 3.05) is 51.3 Å². The van der Waals surface area contributed by atoms with Gasteiger partial charge in [0, 0.05) is 39.8 Å². The molecule has 0 saturated carbocycles. The molecule has 3 aromatic rings. The SMILES string of the molecule is COc1ccccc1N1CCN(CCCNC(=O)c2nn(-c3ccc(C)cc3)c(=O)n(C)c2=O)CC1. The largest absolute Gasteiger partial charge is 0.495 e. The number of aromatic nitrogens is 3. The summed E-state index contributed by atoms with van der Waals surface area (Å²) in [5.74, 6) is 0.291. The summed E-state index contributed by atoms with van der Waals surface area (Å²) in [5, 5.41) is 6.86. The Morgan fingerprint density at radius 1 is 1.03 bits per heavy atom. The number of methoxy groups -OCH3 is 1. The molecular formula is C26H32N6O4. The molecule has 1 aliphatic heterocycles. The van der Waals surface area contributed by atoms with Crippen LogP contribution < -0.4 is 26.2 Å². The first-order valence-electron chi connectivity index (χ1n) is 12.0. The predicted molar refractivity (Wildman–Crippen MR) is 138 cm³/mol. The van der Waals surface area contributed by atoms with E-state index < -0.39 is 17.2 Å². The fraction of sp³-hybridized carbons (Fsp3) is 0.385. The molecular weight excluding hydrogens is 460 g/mol. The molecule has 10 heteroatoms. The predicted octanol–water partition coefficient (Wildman–Crippen LogP) is 1.19. The average molecular weight is 493 g/mol. The third kappa shape index (κ3) is 5.49. The van der Waals surface area contributed by atoms with E-state index in [1.165, 1.54) is 7.05 Å². The number of hydrogen-bond acceptors (Lipinski definition) is 7. The number of carbonyl (C=O) groups is 1. The molecule has 0 atom stereocenters. The smallest absolute Gasteiger partial charge is 0.351 e. The van der Waals surface area contributed by atoms with Crippen LogP contribution >= 0.6 is 0 Å². The van der Waals surface area contributed by atoms with Crippen molar-refractivity contribution in [3.8, 4) is 11.4 Å². The fourth-order valence-corrected chi connectivity index (χ4v) is 4.26. The summed E-state index contributed by atoms with van der Waals surface area (Å²) in [6, 6.07) is 15.2. The van der Waals surface area contributed by atoms with Gasteiger partial charge in [0.15, 0.2) is 0 Å². The van der Waals surface area contributed by atoms with Crippen LogP contribution in [0.25, 0.3) is 5.69 Å². The molecule has 36 heavy (non-hydrogen) atoms. The van der Waals surface area contributed by atoms with Crippen molar-refractivity contribution in [1.29, 1.82) is 0 Å². The normalized spacial score (nSPS) is 14.0. The van der Waals surface area contributed by atoms with Crippen LogP contribution in [0.2, 0.25) is 0 Å². The van der Waals surface area contributed by atoms with Crippen LogP contribution in [0, 0.1) is 6.92 Å². The van der Waals surface area contributed by atoms with Crippen LogP contribution in [0.3, 0.4) is 0 Å². The van der Waals surface area contributed by atoms with Crippen LogP contribution in [0.1, 0.15) is 22.5 Å². The van der Waals surface area contributed by atoms with Crippen molar-refractivity contribution < 1.29 is 9.53 Å². The lowest BCUT2D eigenvalue weighted by molar-refractivity contribution is 0.0941. The van der Waals surface area contributed by atoms with Gasteiger partial charge in [0.1, 0.15) is 5.75 Å². The highest BCUT2D eigenvalue weighted by molar-refractivity contribution is 5.91. The molecule has 0 aliphatic carbocycles. The number of para-hydroxylation sites is 2. The maximum Gasteiger partial charge on any atom is 0.351 e. The molecule has 1 amide bonds. The minimum atomic E-state index is -0.715. The van der Waals surface area contributed by atoms with Crippen molar-refractivity contribution in [3.63, 3.8) is 0 Å². The van der Waals surface area contributed by atoms with Crippen molar-refractivity contribution in [1.82, 2.24) is 24.6 Å². The summed E-state index contributed by atoms with van der Waals surface area (Å²) in [4.78, 5) is 42.5. The van der Waals surface area contributed by atoms with Crippen LogP contribution in [0.5, 0.6) is 5.75 Å². The number of aryl methyl sites for hydroxylation is 1. The first-order chi connectivity index (χ1) is 17.4. The quantitative estimate of drug-likeness (QED) is 0.472. The molecule has 1 aromatic heterocycles. The van der Waals surface area contributed by atoms with Crippen molar-refractivity contribution in [3.05, 3.63) is 80.6 Å². The van der Waals surface area contributed by atoms with E-state index in [0.717, 1.165) is 65.4 Å². The Labute approximate surface area is 209 Å². The molecule has 0 unspecified atom stereocenters. The fourth-order valence-electron chi connectivity index (χ4n) is 4.26. The monoisotopic (exact) mass is 492 g/mol. The number of anilines is 1. The number of rotatable bonds is 8. The van der Waals surface area contributed by atoms with E-state index in [1.54, 1.807) is 19.2 Å². The van der Waals surface area contributed by atoms with Crippen LogP contribution in [0.15, 0.2) is 58.1 Å². The Balaban J connectivity index is 1.31. The molecule has 0 bridgehead atoms. The second-order valence-electron chi connectivity index (χ2n) is 8.85. The minimum absolute atomic E-state index is 0.303. The first-order valence-corrected chi connectivity index (χ1v) is 12.0. The van der Waals surface area contributed by atoms with Crippen molar-refractivity contribution >= 4 is 11.6 Å². The third-order valence-electron chi connectivity index (χ3n) is 6.40. The summed E-state index contributed by atoms with van der Waals surface area (Å²) in [7, 11) is 3.03. The molecule has 2 aromatic carbocycles. The number of piperazine rings is 1. The van der Waals surface area contributed by atoms with Gasteiger partial charge in [-0.1, -0.05) is 29.8 Å². The summed E-state index contributed by atoms with van der Waals surface area (Å²) in [6.07, 6.45) is 0.734. The summed E-state index contributed by atoms with van der Waals surface area (Å²) < 4.78 is 7.47. The molecule has 1 saturated heterocycles. The highest BCUT2D eigenvalue weighted by Gasteiger charge is 2.20. The Kier molecular flexibility index (Phi) is 7.84. The van der Waals surface area contributed by atoms with E-state index in [9.17, 15) is 14.4 Å². The van der Waals surface area contributed by atoms with E-state index in [-0.39, 0.29) is 5.69 Å². The Bertz CT molecular complexity index is 1320. The van der Waals surface area contributed by atoms with Gasteiger partial charge in [-0.3, -0.25) is 19.1 Å². The number of ether oxygens (including phenoxy) is 1. The first kappa shape index (κ1) is 25.2. The molecule has 4 rings (SSSR count). The Hall–Kier alpha value is -3.92. The van der Waals surface area contributed by atoms with E-state index in [4.69, 9.17) is 4.74 Å². The lowest BCUT2D eigenvalue weighted by atomic mass is 10.2. The van der Waals surface area contributed by atoms with Gasteiger partial charge < -0.3 is 15.0 Å². The van der Waals surface area contributed by atoms with E-state index >= 15 is 0 Å². The highest BCUT2D eigenvalue weighted by atomic mass is 16.5. The zero-order valence-corrected chi connectivity index (χ0v) is 20.9. The van der Waals surface area contributed by atoms with Crippen LogP contribution in [-0.4, -0.2) is 71.5 Å². The number of amides is 1. The lowest BCUT2D eigenvalue weighted by Gasteiger charge is -2.36. The second kappa shape index (κ2) is 11.2. The van der Waals surface area contributed by atoms with Gasteiger partial charge in [-0.25, -0.2) is 4.79 Å². The topological polar surface area (TPSA) is 102 Å². The minimum Gasteiger partial charge on any atom is -0.495 e. The molecule has 190 valence electrons. The number of hydrogen-bond donors (Lipinski definition) is 1. The van der Waals surface area contributed by atoms with E-state index in [1.807, 2.05) is 37.3 Å². The van der Waals surface area contributed by atoms with Crippen LogP contribution in [-0.2, 0) is 7.05 Å². The Morgan fingerprint density at radius 2 is 1.72 bits per heavy atom. The van der Waals surface area contributed by atoms with Crippen LogP contribution in [0.4, 0.5) is 5.69 Å². The number of nitrogens with one attached hydrogen (secondary N) is 1. The van der Waals surface area contributed by atoms with Gasteiger partial charge in [-0.05, 0) is 44.2 Å². The standard InChI is InChI=1S/C26H32N6O4/c1-19-9-11-20(12-10-19)32-26(35)29(2)25(34)23(28-32)24(33)27-13-6-14-30-15-17-31(18-16-30)21-7-4-5-8-22(21)36-3/h4-5,7-12H,6,13-18H2,1-3H3,(H,27,33). The van der Waals surface area contributed by atoms with Crippen molar-refractivity contribution in [2.45, 2.75) is 13.3 Å². The maximum atomic E-state index is 12.7. The molecule has 1 fully saturated rings. The summed E-state index contributed by atoms with van der Waals surface area (Å²) in [6.45, 7) is 6.78. The van der Waals surface area contributed by atoms with Gasteiger partial charge in [-0.2, -0.15) is 9.78 Å². The third-order valence-corrected chi connectivity index (χ3v) is 6.40. The Morgan fingerprint density at radius 3 is 2.42 bits per heavy atom. The number of nitrogens with zero attached hydrogens (tertiary/aromatic N) is 5. The highest BCUT2D eigenvalue weighted by Crippen LogP contribution is 2.28. The van der Waals surface area contributed by atoms with Crippen molar-refractivity contribution in [2.24, 2.45) is 7.05 Å². The zero-order chi connectivity index (χ0) is 25.7. The molecule has 1 aliphatic rings. The molecule has 2 heterocycles. The van der Waals surface area contributed by atoms with Gasteiger partial charge in [-0.15, -0.1) is 0 Å². The van der Waals surface area contributed by atoms with E-state index in [0.29, 0.717) is 12.2 Å². The summed E-state index contributed by atoms with van der Waals surface area (Å²) >= 11 is 0. The molecule has 10 nitrogen and oxygen atoms in total. The number of carbonyl (C=O) groups excluding carboxylic acids is 1. The number of benzene rings is 2. The lowest BCUT2D eigenvalue weighted by Crippen LogP contribution is -2.47. The second-order valence-corrected chi connectivity index (χ2v) is 8.85. The van der Waals surface area contributed by atoms with Gasteiger partial charge in [0.25, 0.3) is 11.5 Å². The van der Waals surface area contributed by atoms with Gasteiger partial charge >= 0.3 is 5.69 Å². The van der Waals surface area contributed by atoms with Gasteiger partial charge in [0.05, 0.1) is 18.5 Å². The molecule has 0 radical (unpaired) electrons. The average Bonchev–Trinajstić information content (AvgIpc) is 2.91. The maximum absolute atomic E-state index is 12.7.